The number of hydrogen-bond donors (Lipinski definition) is 1. The van der Waals surface area contributed by atoms with Crippen molar-refractivity contribution in [3.05, 3.63) is 52.6 Å². The zero-order valence-corrected chi connectivity index (χ0v) is 12.7. The van der Waals surface area contributed by atoms with E-state index in [1.807, 2.05) is 43.3 Å². The third-order valence-corrected chi connectivity index (χ3v) is 5.11. The number of benzene rings is 1. The van der Waals surface area contributed by atoms with Gasteiger partial charge in [0.05, 0.1) is 6.10 Å². The van der Waals surface area contributed by atoms with Crippen LogP contribution < -0.4 is 0 Å². The summed E-state index contributed by atoms with van der Waals surface area (Å²) in [6.07, 6.45) is 5.05. The molecular formula is C19H22O2. The first kappa shape index (κ1) is 14.3. The molecule has 0 aliphatic heterocycles. The highest BCUT2D eigenvalue weighted by molar-refractivity contribution is 6.12. The highest BCUT2D eigenvalue weighted by Gasteiger charge is 2.45. The number of rotatable bonds is 1. The molecule has 110 valence electrons. The van der Waals surface area contributed by atoms with Gasteiger partial charge in [0.1, 0.15) is 0 Å². The summed E-state index contributed by atoms with van der Waals surface area (Å²) in [5.41, 5.74) is 3.63. The second-order valence-electron chi connectivity index (χ2n) is 6.52. The highest BCUT2D eigenvalue weighted by Crippen LogP contribution is 2.50. The lowest BCUT2D eigenvalue weighted by Crippen LogP contribution is -2.42. The molecule has 0 unspecified atom stereocenters. The number of aliphatic hydroxyl groups excluding tert-OH is 1. The molecule has 0 radical (unpaired) electrons. The minimum Gasteiger partial charge on any atom is -0.392 e. The molecule has 0 aromatic heterocycles. The van der Waals surface area contributed by atoms with Crippen LogP contribution in [0.15, 0.2) is 47.1 Å². The average Bonchev–Trinajstić information content (AvgIpc) is 2.48. The first-order valence-electron chi connectivity index (χ1n) is 7.71. The lowest BCUT2D eigenvalue weighted by Gasteiger charge is -2.45. The van der Waals surface area contributed by atoms with Crippen LogP contribution in [0.1, 0.15) is 45.1 Å². The fourth-order valence-corrected chi connectivity index (χ4v) is 3.84. The van der Waals surface area contributed by atoms with Crippen molar-refractivity contribution >= 4 is 11.9 Å². The Labute approximate surface area is 126 Å². The van der Waals surface area contributed by atoms with Crippen LogP contribution >= 0.6 is 0 Å². The summed E-state index contributed by atoms with van der Waals surface area (Å²) in [6.45, 7) is 4.03. The molecule has 2 aliphatic carbocycles. The van der Waals surface area contributed by atoms with Gasteiger partial charge in [0.15, 0.2) is 5.78 Å². The summed E-state index contributed by atoms with van der Waals surface area (Å²) >= 11 is 0. The van der Waals surface area contributed by atoms with Crippen LogP contribution in [0.4, 0.5) is 0 Å². The number of carbonyl (C=O) groups excluding carboxylic acids is 1. The van der Waals surface area contributed by atoms with E-state index in [-0.39, 0.29) is 17.3 Å². The lowest BCUT2D eigenvalue weighted by atomic mass is 9.61. The van der Waals surface area contributed by atoms with Crippen molar-refractivity contribution in [2.45, 2.75) is 45.6 Å². The van der Waals surface area contributed by atoms with E-state index in [1.54, 1.807) is 0 Å². The summed E-state index contributed by atoms with van der Waals surface area (Å²) < 4.78 is 0. The number of hydrogen-bond acceptors (Lipinski definition) is 2. The molecule has 1 fully saturated rings. The maximum atomic E-state index is 12.6. The van der Waals surface area contributed by atoms with Gasteiger partial charge < -0.3 is 5.11 Å². The van der Waals surface area contributed by atoms with Crippen molar-refractivity contribution in [1.29, 1.82) is 0 Å². The van der Waals surface area contributed by atoms with Crippen molar-refractivity contribution in [3.8, 4) is 0 Å². The van der Waals surface area contributed by atoms with Gasteiger partial charge in [-0.25, -0.2) is 0 Å². The Morgan fingerprint density at radius 3 is 2.71 bits per heavy atom. The molecule has 1 aromatic rings. The predicted octanol–water partition coefficient (Wildman–Crippen LogP) is 3.91. The number of carbonyl (C=O) groups is 1. The summed E-state index contributed by atoms with van der Waals surface area (Å²) in [5.74, 6) is 0.153. The van der Waals surface area contributed by atoms with Crippen LogP contribution in [-0.2, 0) is 4.79 Å². The maximum absolute atomic E-state index is 12.6. The maximum Gasteiger partial charge on any atom is 0.184 e. The molecule has 2 heteroatoms. The van der Waals surface area contributed by atoms with Crippen LogP contribution in [0.5, 0.6) is 0 Å². The lowest BCUT2D eigenvalue weighted by molar-refractivity contribution is -0.113. The van der Waals surface area contributed by atoms with E-state index in [9.17, 15) is 9.90 Å². The molecule has 2 atom stereocenters. The van der Waals surface area contributed by atoms with E-state index in [2.05, 4.69) is 6.92 Å². The highest BCUT2D eigenvalue weighted by atomic mass is 16.3. The molecule has 0 amide bonds. The molecule has 21 heavy (non-hydrogen) atoms. The smallest absolute Gasteiger partial charge is 0.184 e. The van der Waals surface area contributed by atoms with Gasteiger partial charge >= 0.3 is 0 Å². The van der Waals surface area contributed by atoms with Crippen molar-refractivity contribution in [2.75, 3.05) is 0 Å². The van der Waals surface area contributed by atoms with Gasteiger partial charge in [0, 0.05) is 11.0 Å². The van der Waals surface area contributed by atoms with E-state index in [0.29, 0.717) is 6.42 Å². The number of Topliss-reactive ketones (excluding diaryl/α,β-unsaturated/α-hetero) is 1. The standard InChI is InChI=1S/C19H22O2/c1-13-16-9-6-10-17(20)19(16,2)12-15(18(13)21)11-14-7-4-3-5-8-14/h3-5,7-8,11,17,20H,6,9-10,12H2,1-2H3/b15-11+/t17-,19-/m0/s1. The Bertz CT molecular complexity index is 624. The second-order valence-corrected chi connectivity index (χ2v) is 6.52. The minimum atomic E-state index is -0.344. The van der Waals surface area contributed by atoms with Crippen LogP contribution in [0.2, 0.25) is 0 Å². The minimum absolute atomic E-state index is 0.153. The molecule has 0 bridgehead atoms. The zero-order chi connectivity index (χ0) is 15.0. The molecule has 2 nitrogen and oxygen atoms in total. The molecule has 0 heterocycles. The molecule has 1 saturated carbocycles. The van der Waals surface area contributed by atoms with Gasteiger partial charge in [-0.1, -0.05) is 42.8 Å². The van der Waals surface area contributed by atoms with Gasteiger partial charge in [-0.3, -0.25) is 4.79 Å². The molecule has 1 aromatic carbocycles. The normalized spacial score (nSPS) is 31.5. The molecule has 2 aliphatic rings. The second kappa shape index (κ2) is 5.27. The van der Waals surface area contributed by atoms with Gasteiger partial charge in [-0.05, 0) is 49.8 Å². The summed E-state index contributed by atoms with van der Waals surface area (Å²) in [4.78, 5) is 12.6. The van der Waals surface area contributed by atoms with Crippen molar-refractivity contribution < 1.29 is 9.90 Å². The van der Waals surface area contributed by atoms with Crippen molar-refractivity contribution in [2.24, 2.45) is 5.41 Å². The number of fused-ring (bicyclic) bond motifs is 1. The van der Waals surface area contributed by atoms with E-state index in [0.717, 1.165) is 36.0 Å². The van der Waals surface area contributed by atoms with E-state index in [4.69, 9.17) is 0 Å². The number of aliphatic hydroxyl groups is 1. The average molecular weight is 282 g/mol. The fourth-order valence-electron chi connectivity index (χ4n) is 3.84. The summed E-state index contributed by atoms with van der Waals surface area (Å²) in [5, 5.41) is 10.5. The Kier molecular flexibility index (Phi) is 3.58. The largest absolute Gasteiger partial charge is 0.392 e. The van der Waals surface area contributed by atoms with Gasteiger partial charge in [0.2, 0.25) is 0 Å². The van der Waals surface area contributed by atoms with E-state index in [1.165, 1.54) is 5.57 Å². The van der Waals surface area contributed by atoms with E-state index >= 15 is 0 Å². The zero-order valence-electron chi connectivity index (χ0n) is 12.7. The monoisotopic (exact) mass is 282 g/mol. The molecule has 0 spiro atoms. The first-order chi connectivity index (χ1) is 10.0. The summed E-state index contributed by atoms with van der Waals surface area (Å²) in [7, 11) is 0. The third-order valence-electron chi connectivity index (χ3n) is 5.11. The Balaban J connectivity index is 2.05. The molecule has 0 saturated heterocycles. The number of allylic oxidation sites excluding steroid dienone is 2. The topological polar surface area (TPSA) is 37.3 Å². The van der Waals surface area contributed by atoms with Gasteiger partial charge in [-0.2, -0.15) is 0 Å². The quantitative estimate of drug-likeness (QED) is 0.793. The molecule has 3 rings (SSSR count). The van der Waals surface area contributed by atoms with Crippen LogP contribution in [0.3, 0.4) is 0 Å². The summed E-state index contributed by atoms with van der Waals surface area (Å²) in [6, 6.07) is 9.94. The molecule has 1 N–H and O–H groups in total. The molecular weight excluding hydrogens is 260 g/mol. The first-order valence-corrected chi connectivity index (χ1v) is 7.71. The predicted molar refractivity (Wildman–Crippen MR) is 84.7 cm³/mol. The van der Waals surface area contributed by atoms with Crippen molar-refractivity contribution in [1.82, 2.24) is 0 Å². The Morgan fingerprint density at radius 2 is 2.00 bits per heavy atom. The van der Waals surface area contributed by atoms with Crippen LogP contribution in [0, 0.1) is 5.41 Å². The SMILES string of the molecule is CC1=C2CCC[C@H](O)[C@@]2(C)C/C(=C\c2ccccc2)C1=O. The van der Waals surface area contributed by atoms with Gasteiger partial charge in [-0.15, -0.1) is 0 Å². The van der Waals surface area contributed by atoms with Crippen molar-refractivity contribution in [3.63, 3.8) is 0 Å². The van der Waals surface area contributed by atoms with Crippen LogP contribution in [-0.4, -0.2) is 17.0 Å². The Hall–Kier alpha value is -1.67. The van der Waals surface area contributed by atoms with Crippen LogP contribution in [0.25, 0.3) is 6.08 Å². The Morgan fingerprint density at radius 1 is 1.29 bits per heavy atom. The van der Waals surface area contributed by atoms with Gasteiger partial charge in [0.25, 0.3) is 0 Å². The van der Waals surface area contributed by atoms with E-state index < -0.39 is 0 Å². The fraction of sp³-hybridized carbons (Fsp3) is 0.421. The number of ketones is 1. The third kappa shape index (κ3) is 2.38.